The highest BCUT2D eigenvalue weighted by Crippen LogP contribution is 2.42. The van der Waals surface area contributed by atoms with Gasteiger partial charge in [-0.25, -0.2) is 0 Å². The quantitative estimate of drug-likeness (QED) is 0.716. The van der Waals surface area contributed by atoms with Gasteiger partial charge in [0.25, 0.3) is 0 Å². The van der Waals surface area contributed by atoms with Crippen LogP contribution >= 0.6 is 0 Å². The van der Waals surface area contributed by atoms with E-state index in [-0.39, 0.29) is 16.7 Å². The van der Waals surface area contributed by atoms with Crippen molar-refractivity contribution < 1.29 is 9.90 Å². The van der Waals surface area contributed by atoms with Crippen molar-refractivity contribution in [2.45, 2.75) is 41.0 Å². The van der Waals surface area contributed by atoms with Gasteiger partial charge in [-0.3, -0.25) is 4.79 Å². The van der Waals surface area contributed by atoms with Crippen LogP contribution < -0.4 is 5.73 Å². The van der Waals surface area contributed by atoms with E-state index in [0.717, 1.165) is 0 Å². The molecule has 84 valence electrons. The van der Waals surface area contributed by atoms with Gasteiger partial charge in [0.05, 0.1) is 5.92 Å². The van der Waals surface area contributed by atoms with Crippen molar-refractivity contribution in [1.29, 1.82) is 0 Å². The van der Waals surface area contributed by atoms with Gasteiger partial charge >= 0.3 is 5.97 Å². The molecule has 1 atom stereocenters. The molecule has 0 aliphatic heterocycles. The molecule has 0 heterocycles. The molecule has 0 aromatic carbocycles. The fraction of sp³-hybridized carbons (Fsp3) is 0.909. The lowest BCUT2D eigenvalue weighted by Gasteiger charge is -2.42. The first-order valence-electron chi connectivity index (χ1n) is 5.07. The molecule has 0 saturated heterocycles. The SMILES string of the molecule is CC(CC(C)(C)C(C)(C)CN)C(=O)O. The summed E-state index contributed by atoms with van der Waals surface area (Å²) in [5, 5.41) is 8.85. The molecule has 0 aromatic heterocycles. The second kappa shape index (κ2) is 4.30. The van der Waals surface area contributed by atoms with E-state index in [1.165, 1.54) is 0 Å². The van der Waals surface area contributed by atoms with Crippen molar-refractivity contribution in [3.63, 3.8) is 0 Å². The summed E-state index contributed by atoms with van der Waals surface area (Å²) in [7, 11) is 0. The molecule has 0 spiro atoms. The van der Waals surface area contributed by atoms with E-state index in [1.807, 2.05) is 0 Å². The number of rotatable bonds is 5. The van der Waals surface area contributed by atoms with Gasteiger partial charge in [0.1, 0.15) is 0 Å². The molecule has 0 aliphatic rings. The zero-order chi connectivity index (χ0) is 11.6. The largest absolute Gasteiger partial charge is 0.481 e. The first-order chi connectivity index (χ1) is 6.14. The van der Waals surface area contributed by atoms with Crippen molar-refractivity contribution in [2.75, 3.05) is 6.54 Å². The van der Waals surface area contributed by atoms with E-state index >= 15 is 0 Å². The van der Waals surface area contributed by atoms with E-state index in [0.29, 0.717) is 13.0 Å². The van der Waals surface area contributed by atoms with Gasteiger partial charge in [-0.2, -0.15) is 0 Å². The summed E-state index contributed by atoms with van der Waals surface area (Å²) in [6.45, 7) is 10.7. The molecule has 14 heavy (non-hydrogen) atoms. The highest BCUT2D eigenvalue weighted by atomic mass is 16.4. The summed E-state index contributed by atoms with van der Waals surface area (Å²) in [6, 6.07) is 0. The standard InChI is InChI=1S/C11H23NO2/c1-8(9(13)14)6-10(2,3)11(4,5)7-12/h8H,6-7,12H2,1-5H3,(H,13,14). The molecule has 0 aliphatic carbocycles. The van der Waals surface area contributed by atoms with E-state index in [4.69, 9.17) is 10.8 Å². The molecule has 3 N–H and O–H groups in total. The van der Waals surface area contributed by atoms with Crippen LogP contribution in [-0.2, 0) is 4.79 Å². The van der Waals surface area contributed by atoms with E-state index in [2.05, 4.69) is 27.7 Å². The Kier molecular flexibility index (Phi) is 4.13. The Hall–Kier alpha value is -0.570. The fourth-order valence-corrected chi connectivity index (χ4v) is 1.41. The van der Waals surface area contributed by atoms with Crippen molar-refractivity contribution in [3.05, 3.63) is 0 Å². The predicted octanol–water partition coefficient (Wildman–Crippen LogP) is 2.11. The van der Waals surface area contributed by atoms with Crippen LogP contribution in [0.1, 0.15) is 41.0 Å². The summed E-state index contributed by atoms with van der Waals surface area (Å²) in [6.07, 6.45) is 0.659. The summed E-state index contributed by atoms with van der Waals surface area (Å²) in [5.41, 5.74) is 5.61. The predicted molar refractivity (Wildman–Crippen MR) is 58.0 cm³/mol. The van der Waals surface area contributed by atoms with Gasteiger partial charge < -0.3 is 10.8 Å². The minimum atomic E-state index is -0.731. The minimum Gasteiger partial charge on any atom is -0.481 e. The second-order valence-corrected chi connectivity index (χ2v) is 5.42. The highest BCUT2D eigenvalue weighted by Gasteiger charge is 2.37. The minimum absolute atomic E-state index is 0.0310. The number of aliphatic carboxylic acids is 1. The number of carboxylic acids is 1. The van der Waals surface area contributed by atoms with Crippen LogP contribution in [0.4, 0.5) is 0 Å². The molecule has 0 fully saturated rings. The van der Waals surface area contributed by atoms with Crippen LogP contribution in [0.15, 0.2) is 0 Å². The number of hydrogen-bond acceptors (Lipinski definition) is 2. The normalized spacial score (nSPS) is 15.3. The van der Waals surface area contributed by atoms with Crippen molar-refractivity contribution in [2.24, 2.45) is 22.5 Å². The van der Waals surface area contributed by atoms with Gasteiger partial charge in [-0.1, -0.05) is 34.6 Å². The Morgan fingerprint density at radius 1 is 1.29 bits per heavy atom. The molecule has 0 bridgehead atoms. The van der Waals surface area contributed by atoms with Crippen molar-refractivity contribution in [1.82, 2.24) is 0 Å². The number of carbonyl (C=O) groups is 1. The Bertz CT molecular complexity index is 209. The molecule has 0 saturated carbocycles. The van der Waals surface area contributed by atoms with E-state index < -0.39 is 5.97 Å². The van der Waals surface area contributed by atoms with Gasteiger partial charge in [-0.05, 0) is 23.8 Å². The van der Waals surface area contributed by atoms with Gasteiger partial charge in [0.15, 0.2) is 0 Å². The maximum absolute atomic E-state index is 10.8. The number of hydrogen-bond donors (Lipinski definition) is 2. The first-order valence-corrected chi connectivity index (χ1v) is 5.07. The third-order valence-electron chi connectivity index (χ3n) is 3.58. The zero-order valence-corrected chi connectivity index (χ0v) is 9.92. The van der Waals surface area contributed by atoms with Crippen LogP contribution in [0.2, 0.25) is 0 Å². The molecule has 0 radical (unpaired) electrons. The molecule has 3 heteroatoms. The zero-order valence-electron chi connectivity index (χ0n) is 9.92. The smallest absolute Gasteiger partial charge is 0.306 e. The average Bonchev–Trinajstić information content (AvgIpc) is 2.03. The molecule has 0 rings (SSSR count). The van der Waals surface area contributed by atoms with E-state index in [9.17, 15) is 4.79 Å². The molecule has 3 nitrogen and oxygen atoms in total. The summed E-state index contributed by atoms with van der Waals surface area (Å²) in [4.78, 5) is 10.8. The molecule has 0 amide bonds. The van der Waals surface area contributed by atoms with Gasteiger partial charge in [-0.15, -0.1) is 0 Å². The molecular formula is C11H23NO2. The number of nitrogens with two attached hydrogens (primary N) is 1. The molecular weight excluding hydrogens is 178 g/mol. The van der Waals surface area contributed by atoms with Crippen LogP contribution in [0.3, 0.4) is 0 Å². The van der Waals surface area contributed by atoms with Crippen LogP contribution in [-0.4, -0.2) is 17.6 Å². The Balaban J connectivity index is 4.56. The number of carboxylic acid groups (broad SMARTS) is 1. The Morgan fingerprint density at radius 2 is 1.71 bits per heavy atom. The molecule has 1 unspecified atom stereocenters. The summed E-state index contributed by atoms with van der Waals surface area (Å²) >= 11 is 0. The third kappa shape index (κ3) is 2.98. The maximum Gasteiger partial charge on any atom is 0.306 e. The van der Waals surface area contributed by atoms with Crippen molar-refractivity contribution >= 4 is 5.97 Å². The van der Waals surface area contributed by atoms with Gasteiger partial charge in [0, 0.05) is 0 Å². The lowest BCUT2D eigenvalue weighted by atomic mass is 9.64. The van der Waals surface area contributed by atoms with Crippen molar-refractivity contribution in [3.8, 4) is 0 Å². The highest BCUT2D eigenvalue weighted by molar-refractivity contribution is 5.69. The first kappa shape index (κ1) is 13.4. The fourth-order valence-electron chi connectivity index (χ4n) is 1.41. The van der Waals surface area contributed by atoms with Gasteiger partial charge in [0.2, 0.25) is 0 Å². The second-order valence-electron chi connectivity index (χ2n) is 5.42. The topological polar surface area (TPSA) is 63.3 Å². The molecule has 0 aromatic rings. The Labute approximate surface area is 86.7 Å². The summed E-state index contributed by atoms with van der Waals surface area (Å²) in [5.74, 6) is -1.04. The van der Waals surface area contributed by atoms with Crippen LogP contribution in [0, 0.1) is 16.7 Å². The van der Waals surface area contributed by atoms with Crippen LogP contribution in [0.5, 0.6) is 0 Å². The monoisotopic (exact) mass is 201 g/mol. The maximum atomic E-state index is 10.8. The average molecular weight is 201 g/mol. The lowest BCUT2D eigenvalue weighted by molar-refractivity contribution is -0.142. The van der Waals surface area contributed by atoms with E-state index in [1.54, 1.807) is 6.92 Å². The third-order valence-corrected chi connectivity index (χ3v) is 3.58. The van der Waals surface area contributed by atoms with Crippen LogP contribution in [0.25, 0.3) is 0 Å². The lowest BCUT2D eigenvalue weighted by Crippen LogP contribution is -2.40. The summed E-state index contributed by atoms with van der Waals surface area (Å²) < 4.78 is 0. The Morgan fingerprint density at radius 3 is 2.00 bits per heavy atom.